The first-order valence-corrected chi connectivity index (χ1v) is 4.57. The number of nitrogens with two attached hydrogens (primary N) is 2. The first-order valence-electron chi connectivity index (χ1n) is 4.57. The van der Waals surface area contributed by atoms with Gasteiger partial charge in [-0.2, -0.15) is 4.99 Å². The molecule has 0 saturated carbocycles. The van der Waals surface area contributed by atoms with Gasteiger partial charge in [0.15, 0.2) is 5.96 Å². The first-order chi connectivity index (χ1) is 6.50. The molecule has 5 nitrogen and oxygen atoms in total. The minimum Gasteiger partial charge on any atom is -0.370 e. The van der Waals surface area contributed by atoms with Gasteiger partial charge in [0, 0.05) is 12.1 Å². The first kappa shape index (κ1) is 17.6. The van der Waals surface area contributed by atoms with E-state index in [-0.39, 0.29) is 55.3 Å². The van der Waals surface area contributed by atoms with Crippen molar-refractivity contribution >= 4 is 36.7 Å². The quantitative estimate of drug-likeness (QED) is 0.428. The molecule has 1 amide bonds. The van der Waals surface area contributed by atoms with Crippen molar-refractivity contribution in [3.05, 3.63) is 12.2 Å². The minimum absolute atomic E-state index is 0. The molecule has 1 aliphatic rings. The summed E-state index contributed by atoms with van der Waals surface area (Å²) in [6.07, 6.45) is 4.13. The van der Waals surface area contributed by atoms with E-state index in [9.17, 15) is 4.79 Å². The lowest BCUT2D eigenvalue weighted by atomic mass is 10.3. The van der Waals surface area contributed by atoms with Crippen molar-refractivity contribution < 1.29 is 4.79 Å². The zero-order chi connectivity index (χ0) is 10.7. The average Bonchev–Trinajstić information content (AvgIpc) is 2.34. The van der Waals surface area contributed by atoms with E-state index >= 15 is 0 Å². The Bertz CT molecular complexity index is 277. The highest BCUT2D eigenvalue weighted by atomic mass is 35.5. The van der Waals surface area contributed by atoms with E-state index in [4.69, 9.17) is 11.5 Å². The molecule has 1 rings (SSSR count). The second-order valence-corrected chi connectivity index (χ2v) is 3.47. The predicted octanol–water partition coefficient (Wildman–Crippen LogP) is 0.279. The molecule has 0 saturated heterocycles. The Kier molecular flexibility index (Phi) is 8.24. The lowest BCUT2D eigenvalue weighted by molar-refractivity contribution is -0.119. The molecule has 0 spiro atoms. The molecule has 16 heavy (non-hydrogen) atoms. The fourth-order valence-electron chi connectivity index (χ4n) is 1.54. The molecular formula is C9H18Cl2N4O. The molecule has 0 bridgehead atoms. The van der Waals surface area contributed by atoms with Gasteiger partial charge >= 0.3 is 0 Å². The van der Waals surface area contributed by atoms with Gasteiger partial charge in [0.05, 0.1) is 6.54 Å². The summed E-state index contributed by atoms with van der Waals surface area (Å²) in [5.41, 5.74) is 10.2. The molecule has 1 heterocycles. The van der Waals surface area contributed by atoms with Crippen molar-refractivity contribution in [2.75, 3.05) is 6.54 Å². The summed E-state index contributed by atoms with van der Waals surface area (Å²) in [6, 6.07) is 0.534. The van der Waals surface area contributed by atoms with E-state index < -0.39 is 0 Å². The Balaban J connectivity index is 0. The van der Waals surface area contributed by atoms with E-state index in [1.165, 1.54) is 0 Å². The highest BCUT2D eigenvalue weighted by Gasteiger charge is 2.23. The van der Waals surface area contributed by atoms with Gasteiger partial charge in [-0.3, -0.25) is 9.69 Å². The Hall–Kier alpha value is -0.780. The van der Waals surface area contributed by atoms with E-state index in [0.29, 0.717) is 0 Å². The SMILES string of the molecule is CC1C=C[C@@H](C)N1CC(=O)N=C(N)N.Cl.Cl. The number of hydrogen-bond donors (Lipinski definition) is 2. The minimum atomic E-state index is -0.299. The van der Waals surface area contributed by atoms with Gasteiger partial charge in [0.2, 0.25) is 0 Å². The molecule has 94 valence electrons. The third-order valence-corrected chi connectivity index (χ3v) is 2.29. The topological polar surface area (TPSA) is 84.7 Å². The summed E-state index contributed by atoms with van der Waals surface area (Å²) in [5, 5.41) is 0. The number of carbonyl (C=O) groups is 1. The monoisotopic (exact) mass is 268 g/mol. The lowest BCUT2D eigenvalue weighted by Gasteiger charge is -2.24. The molecule has 0 aliphatic carbocycles. The number of halogens is 2. The molecular weight excluding hydrogens is 251 g/mol. The second-order valence-electron chi connectivity index (χ2n) is 3.47. The number of hydrogen-bond acceptors (Lipinski definition) is 2. The van der Waals surface area contributed by atoms with E-state index in [1.807, 2.05) is 18.7 Å². The summed E-state index contributed by atoms with van der Waals surface area (Å²) < 4.78 is 0. The van der Waals surface area contributed by atoms with Crippen molar-refractivity contribution in [2.45, 2.75) is 25.9 Å². The normalized spacial score (nSPS) is 23.1. The van der Waals surface area contributed by atoms with Gasteiger partial charge in [-0.1, -0.05) is 12.2 Å². The standard InChI is InChI=1S/C9H16N4O.2ClH/c1-6-3-4-7(2)13(6)5-8(14)12-9(10)11;;/h3-4,6-7H,5H2,1-2H3,(H4,10,11,12,14);2*1H/t6-,7?;;/m1../s1. The summed E-state index contributed by atoms with van der Waals surface area (Å²) in [6.45, 7) is 4.32. The van der Waals surface area contributed by atoms with Crippen molar-refractivity contribution in [2.24, 2.45) is 16.5 Å². The largest absolute Gasteiger partial charge is 0.370 e. The van der Waals surface area contributed by atoms with Crippen LogP contribution in [0.15, 0.2) is 17.1 Å². The van der Waals surface area contributed by atoms with Crippen molar-refractivity contribution in [1.82, 2.24) is 4.90 Å². The zero-order valence-corrected chi connectivity index (χ0v) is 10.9. The molecule has 7 heteroatoms. The van der Waals surface area contributed by atoms with Crippen LogP contribution >= 0.6 is 24.8 Å². The van der Waals surface area contributed by atoms with Crippen molar-refractivity contribution in [3.63, 3.8) is 0 Å². The van der Waals surface area contributed by atoms with Crippen LogP contribution in [0.3, 0.4) is 0 Å². The van der Waals surface area contributed by atoms with E-state index in [0.717, 1.165) is 0 Å². The fourth-order valence-corrected chi connectivity index (χ4v) is 1.54. The molecule has 0 aromatic heterocycles. The van der Waals surface area contributed by atoms with Gasteiger partial charge < -0.3 is 11.5 Å². The van der Waals surface area contributed by atoms with Crippen LogP contribution in [0.25, 0.3) is 0 Å². The van der Waals surface area contributed by atoms with Gasteiger partial charge in [-0.15, -0.1) is 24.8 Å². The van der Waals surface area contributed by atoms with Gasteiger partial charge in [0.1, 0.15) is 0 Å². The Morgan fingerprint density at radius 1 is 1.25 bits per heavy atom. The highest BCUT2D eigenvalue weighted by Crippen LogP contribution is 2.15. The van der Waals surface area contributed by atoms with E-state index in [2.05, 4.69) is 17.1 Å². The average molecular weight is 269 g/mol. The van der Waals surface area contributed by atoms with Crippen LogP contribution in [0, 0.1) is 0 Å². The molecule has 0 aromatic carbocycles. The number of aliphatic imine (C=N–C) groups is 1. The number of rotatable bonds is 2. The fraction of sp³-hybridized carbons (Fsp3) is 0.556. The summed E-state index contributed by atoms with van der Waals surface area (Å²) >= 11 is 0. The number of guanidine groups is 1. The van der Waals surface area contributed by atoms with Gasteiger partial charge in [0.25, 0.3) is 5.91 Å². The molecule has 0 fully saturated rings. The number of nitrogens with zero attached hydrogens (tertiary/aromatic N) is 2. The Morgan fingerprint density at radius 3 is 2.06 bits per heavy atom. The van der Waals surface area contributed by atoms with Crippen molar-refractivity contribution in [3.8, 4) is 0 Å². The molecule has 0 radical (unpaired) electrons. The van der Waals surface area contributed by atoms with Crippen LogP contribution in [-0.2, 0) is 4.79 Å². The molecule has 1 aliphatic heterocycles. The highest BCUT2D eigenvalue weighted by molar-refractivity contribution is 5.92. The lowest BCUT2D eigenvalue weighted by Crippen LogP contribution is -2.38. The smallest absolute Gasteiger partial charge is 0.263 e. The summed E-state index contributed by atoms with van der Waals surface area (Å²) in [5.74, 6) is -0.477. The zero-order valence-electron chi connectivity index (χ0n) is 9.29. The van der Waals surface area contributed by atoms with Crippen molar-refractivity contribution in [1.29, 1.82) is 0 Å². The van der Waals surface area contributed by atoms with Crippen LogP contribution in [0.5, 0.6) is 0 Å². The maximum atomic E-state index is 11.3. The Labute approximate surface area is 108 Å². The summed E-state index contributed by atoms with van der Waals surface area (Å²) in [4.78, 5) is 16.8. The number of amides is 1. The predicted molar refractivity (Wildman–Crippen MR) is 70.1 cm³/mol. The molecule has 0 aromatic rings. The van der Waals surface area contributed by atoms with Crippen LogP contribution in [-0.4, -0.2) is 35.4 Å². The maximum Gasteiger partial charge on any atom is 0.263 e. The molecule has 4 N–H and O–H groups in total. The third-order valence-electron chi connectivity index (χ3n) is 2.29. The van der Waals surface area contributed by atoms with E-state index in [1.54, 1.807) is 0 Å². The Morgan fingerprint density at radius 2 is 1.69 bits per heavy atom. The van der Waals surface area contributed by atoms with Crippen LogP contribution in [0.2, 0.25) is 0 Å². The van der Waals surface area contributed by atoms with Crippen LogP contribution in [0.1, 0.15) is 13.8 Å². The van der Waals surface area contributed by atoms with Gasteiger partial charge in [-0.25, -0.2) is 0 Å². The number of carbonyl (C=O) groups excluding carboxylic acids is 1. The molecule has 2 atom stereocenters. The second kappa shape index (κ2) is 7.49. The van der Waals surface area contributed by atoms with Crippen LogP contribution in [0.4, 0.5) is 0 Å². The van der Waals surface area contributed by atoms with Gasteiger partial charge in [-0.05, 0) is 13.8 Å². The van der Waals surface area contributed by atoms with Crippen LogP contribution < -0.4 is 11.5 Å². The molecule has 1 unspecified atom stereocenters. The maximum absolute atomic E-state index is 11.3. The third kappa shape index (κ3) is 4.83. The summed E-state index contributed by atoms with van der Waals surface area (Å²) in [7, 11) is 0.